The van der Waals surface area contributed by atoms with E-state index in [1.54, 1.807) is 7.11 Å². The molecule has 0 aliphatic carbocycles. The van der Waals surface area contributed by atoms with E-state index >= 15 is 0 Å². The third kappa shape index (κ3) is 3.16. The number of hydrogen-bond donors (Lipinski definition) is 2. The highest BCUT2D eigenvalue weighted by atomic mass is 16.5. The zero-order valence-electron chi connectivity index (χ0n) is 11.7. The van der Waals surface area contributed by atoms with Crippen molar-refractivity contribution in [2.45, 2.75) is 39.2 Å². The molecule has 1 aromatic rings. The van der Waals surface area contributed by atoms with E-state index in [0.29, 0.717) is 6.04 Å². The molecular formula is C15H24N2O. The van der Waals surface area contributed by atoms with E-state index in [1.165, 1.54) is 36.9 Å². The van der Waals surface area contributed by atoms with Gasteiger partial charge < -0.3 is 15.4 Å². The lowest BCUT2D eigenvalue weighted by Crippen LogP contribution is -2.24. The Balaban J connectivity index is 1.93. The van der Waals surface area contributed by atoms with Crippen molar-refractivity contribution in [1.82, 2.24) is 5.32 Å². The van der Waals surface area contributed by atoms with E-state index < -0.39 is 0 Å². The summed E-state index contributed by atoms with van der Waals surface area (Å²) in [6.07, 6.45) is 3.81. The topological polar surface area (TPSA) is 33.3 Å². The molecule has 2 rings (SSSR count). The van der Waals surface area contributed by atoms with Crippen LogP contribution in [-0.2, 0) is 0 Å². The minimum atomic E-state index is 0.690. The summed E-state index contributed by atoms with van der Waals surface area (Å²) in [6.45, 7) is 6.43. The van der Waals surface area contributed by atoms with Crippen LogP contribution in [0.25, 0.3) is 0 Å². The number of aryl methyl sites for hydroxylation is 2. The Hall–Kier alpha value is -1.22. The van der Waals surface area contributed by atoms with E-state index in [2.05, 4.69) is 36.6 Å². The Morgan fingerprint density at radius 3 is 2.78 bits per heavy atom. The maximum Gasteiger partial charge on any atom is 0.142 e. The summed E-state index contributed by atoms with van der Waals surface area (Å²) in [5.74, 6) is 0.942. The zero-order valence-corrected chi connectivity index (χ0v) is 11.7. The summed E-state index contributed by atoms with van der Waals surface area (Å²) in [7, 11) is 1.73. The van der Waals surface area contributed by atoms with Gasteiger partial charge in [-0.1, -0.05) is 0 Å². The summed E-state index contributed by atoms with van der Waals surface area (Å²) in [5, 5.41) is 7.01. The maximum absolute atomic E-state index is 5.43. The fourth-order valence-electron chi connectivity index (χ4n) is 2.48. The lowest BCUT2D eigenvalue weighted by molar-refractivity contribution is 0.416. The average Bonchev–Trinajstić information content (AvgIpc) is 2.86. The second-order valence-electron chi connectivity index (χ2n) is 5.15. The van der Waals surface area contributed by atoms with Crippen LogP contribution in [0, 0.1) is 13.8 Å². The molecule has 1 heterocycles. The average molecular weight is 248 g/mol. The van der Waals surface area contributed by atoms with Crippen LogP contribution in [0.5, 0.6) is 5.75 Å². The highest BCUT2D eigenvalue weighted by molar-refractivity contribution is 5.60. The first kappa shape index (κ1) is 13.2. The van der Waals surface area contributed by atoms with Crippen molar-refractivity contribution in [3.63, 3.8) is 0 Å². The summed E-state index contributed by atoms with van der Waals surface area (Å²) in [6, 6.07) is 4.97. The quantitative estimate of drug-likeness (QED) is 0.840. The first-order valence-electron chi connectivity index (χ1n) is 6.83. The molecule has 0 spiro atoms. The molecule has 0 aromatic heterocycles. The maximum atomic E-state index is 5.43. The standard InChI is InChI=1S/C15H24N2O/c1-11-9-14(15(18-3)10-12(11)2)17-8-6-13-5-4-7-16-13/h9-10,13,16-17H,4-8H2,1-3H3. The molecule has 1 fully saturated rings. The number of hydrogen-bond acceptors (Lipinski definition) is 3. The number of benzene rings is 1. The third-order valence-electron chi connectivity index (χ3n) is 3.79. The third-order valence-corrected chi connectivity index (χ3v) is 3.79. The molecule has 1 aliphatic heterocycles. The van der Waals surface area contributed by atoms with Crippen LogP contribution >= 0.6 is 0 Å². The van der Waals surface area contributed by atoms with Gasteiger partial charge >= 0.3 is 0 Å². The lowest BCUT2D eigenvalue weighted by Gasteiger charge is -2.15. The van der Waals surface area contributed by atoms with Crippen LogP contribution < -0.4 is 15.4 Å². The number of ether oxygens (including phenoxy) is 1. The van der Waals surface area contributed by atoms with Crippen LogP contribution in [0.4, 0.5) is 5.69 Å². The Kier molecular flexibility index (Phi) is 4.48. The molecule has 0 amide bonds. The van der Waals surface area contributed by atoms with Gasteiger partial charge in [-0.3, -0.25) is 0 Å². The minimum Gasteiger partial charge on any atom is -0.495 e. The zero-order chi connectivity index (χ0) is 13.0. The van der Waals surface area contributed by atoms with E-state index in [9.17, 15) is 0 Å². The van der Waals surface area contributed by atoms with Gasteiger partial charge in [-0.05, 0) is 62.9 Å². The van der Waals surface area contributed by atoms with Crippen LogP contribution in [0.3, 0.4) is 0 Å². The molecule has 3 nitrogen and oxygen atoms in total. The number of rotatable bonds is 5. The Labute approximate surface area is 110 Å². The predicted octanol–water partition coefficient (Wildman–Crippen LogP) is 2.87. The van der Waals surface area contributed by atoms with Gasteiger partial charge in [-0.15, -0.1) is 0 Å². The van der Waals surface area contributed by atoms with Gasteiger partial charge in [0.1, 0.15) is 5.75 Å². The van der Waals surface area contributed by atoms with Crippen LogP contribution in [0.15, 0.2) is 12.1 Å². The van der Waals surface area contributed by atoms with Gasteiger partial charge in [0, 0.05) is 12.6 Å². The van der Waals surface area contributed by atoms with Crippen molar-refractivity contribution in [2.75, 3.05) is 25.5 Å². The van der Waals surface area contributed by atoms with Crippen LogP contribution in [0.2, 0.25) is 0 Å². The van der Waals surface area contributed by atoms with E-state index in [-0.39, 0.29) is 0 Å². The SMILES string of the molecule is COc1cc(C)c(C)cc1NCCC1CCCN1. The van der Waals surface area contributed by atoms with Crippen LogP contribution in [-0.4, -0.2) is 26.2 Å². The molecule has 2 N–H and O–H groups in total. The normalized spacial score (nSPS) is 18.9. The van der Waals surface area contributed by atoms with E-state index in [1.807, 2.05) is 0 Å². The molecule has 1 aliphatic rings. The molecule has 0 saturated carbocycles. The van der Waals surface area contributed by atoms with Gasteiger partial charge in [-0.25, -0.2) is 0 Å². The molecule has 1 aromatic carbocycles. The Morgan fingerprint density at radius 2 is 2.11 bits per heavy atom. The smallest absolute Gasteiger partial charge is 0.142 e. The summed E-state index contributed by atoms with van der Waals surface area (Å²) in [4.78, 5) is 0. The molecule has 18 heavy (non-hydrogen) atoms. The second-order valence-corrected chi connectivity index (χ2v) is 5.15. The first-order chi connectivity index (χ1) is 8.70. The van der Waals surface area contributed by atoms with Crippen molar-refractivity contribution < 1.29 is 4.74 Å². The first-order valence-corrected chi connectivity index (χ1v) is 6.83. The van der Waals surface area contributed by atoms with Crippen molar-refractivity contribution in [3.05, 3.63) is 23.3 Å². The number of anilines is 1. The Morgan fingerprint density at radius 1 is 1.33 bits per heavy atom. The highest BCUT2D eigenvalue weighted by Crippen LogP contribution is 2.28. The second kappa shape index (κ2) is 6.10. The van der Waals surface area contributed by atoms with Crippen molar-refractivity contribution in [1.29, 1.82) is 0 Å². The van der Waals surface area contributed by atoms with E-state index in [4.69, 9.17) is 4.74 Å². The van der Waals surface area contributed by atoms with Gasteiger partial charge in [0.25, 0.3) is 0 Å². The van der Waals surface area contributed by atoms with Gasteiger partial charge in [0.2, 0.25) is 0 Å². The fourth-order valence-corrected chi connectivity index (χ4v) is 2.48. The molecule has 1 atom stereocenters. The largest absolute Gasteiger partial charge is 0.495 e. The summed E-state index contributed by atoms with van der Waals surface area (Å²) < 4.78 is 5.43. The van der Waals surface area contributed by atoms with Crippen molar-refractivity contribution in [3.8, 4) is 5.75 Å². The molecule has 100 valence electrons. The molecular weight excluding hydrogens is 224 g/mol. The Bertz CT molecular complexity index is 398. The molecule has 0 bridgehead atoms. The minimum absolute atomic E-state index is 0.690. The fraction of sp³-hybridized carbons (Fsp3) is 0.600. The van der Waals surface area contributed by atoms with E-state index in [0.717, 1.165) is 18.0 Å². The van der Waals surface area contributed by atoms with Gasteiger partial charge in [0.05, 0.1) is 12.8 Å². The van der Waals surface area contributed by atoms with Gasteiger partial charge in [-0.2, -0.15) is 0 Å². The number of methoxy groups -OCH3 is 1. The van der Waals surface area contributed by atoms with Crippen LogP contribution in [0.1, 0.15) is 30.4 Å². The van der Waals surface area contributed by atoms with Crippen molar-refractivity contribution >= 4 is 5.69 Å². The molecule has 3 heteroatoms. The molecule has 0 radical (unpaired) electrons. The molecule has 1 saturated heterocycles. The summed E-state index contributed by atoms with van der Waals surface area (Å²) >= 11 is 0. The predicted molar refractivity (Wildman–Crippen MR) is 76.6 cm³/mol. The van der Waals surface area contributed by atoms with Gasteiger partial charge in [0.15, 0.2) is 0 Å². The highest BCUT2D eigenvalue weighted by Gasteiger charge is 2.13. The molecule has 1 unspecified atom stereocenters. The monoisotopic (exact) mass is 248 g/mol. The summed E-state index contributed by atoms with van der Waals surface area (Å²) in [5.41, 5.74) is 3.69. The number of nitrogens with one attached hydrogen (secondary N) is 2. The van der Waals surface area contributed by atoms with Crippen molar-refractivity contribution in [2.24, 2.45) is 0 Å². The lowest BCUT2D eigenvalue weighted by atomic mass is 10.1.